The van der Waals surface area contributed by atoms with Crippen LogP contribution in [0.15, 0.2) is 30.3 Å². The molecule has 1 unspecified atom stereocenters. The summed E-state index contributed by atoms with van der Waals surface area (Å²) in [7, 11) is 0. The fraction of sp³-hybridized carbons (Fsp3) is 0.600. The lowest BCUT2D eigenvalue weighted by Crippen LogP contribution is -2.50. The van der Waals surface area contributed by atoms with Crippen LogP contribution in [0.3, 0.4) is 0 Å². The Bertz CT molecular complexity index is 391. The van der Waals surface area contributed by atoms with Crippen molar-refractivity contribution in [3.8, 4) is 0 Å². The smallest absolute Gasteiger partial charge is 0.0626 e. The van der Waals surface area contributed by atoms with E-state index in [0.717, 1.165) is 32.1 Å². The molecule has 2 fully saturated rings. The molecule has 0 bridgehead atoms. The van der Waals surface area contributed by atoms with Gasteiger partial charge in [-0.15, -0.1) is 0 Å². The van der Waals surface area contributed by atoms with Crippen LogP contribution in [0.25, 0.3) is 0 Å². The number of hydrogen-bond donors (Lipinski definition) is 2. The standard InChI is InChI=1S/C15H22N2O/c18-12-15(8-9-17(11-15)14-6-7-14)16-10-13-4-2-1-3-5-13/h1-5,14,16,18H,6-12H2. The van der Waals surface area contributed by atoms with Crippen LogP contribution in [0.4, 0.5) is 0 Å². The van der Waals surface area contributed by atoms with Gasteiger partial charge in [0.1, 0.15) is 0 Å². The Labute approximate surface area is 109 Å². The predicted molar refractivity (Wildman–Crippen MR) is 72.3 cm³/mol. The molecule has 98 valence electrons. The maximum Gasteiger partial charge on any atom is 0.0626 e. The van der Waals surface area contributed by atoms with Gasteiger partial charge in [0.15, 0.2) is 0 Å². The van der Waals surface area contributed by atoms with E-state index in [2.05, 4.69) is 34.5 Å². The van der Waals surface area contributed by atoms with E-state index in [1.807, 2.05) is 6.07 Å². The van der Waals surface area contributed by atoms with Crippen molar-refractivity contribution in [1.29, 1.82) is 0 Å². The Morgan fingerprint density at radius 2 is 2.06 bits per heavy atom. The lowest BCUT2D eigenvalue weighted by molar-refractivity contribution is 0.157. The lowest BCUT2D eigenvalue weighted by Gasteiger charge is -2.29. The first-order valence-electron chi connectivity index (χ1n) is 6.95. The zero-order chi connectivity index (χ0) is 12.4. The van der Waals surface area contributed by atoms with Gasteiger partial charge in [0, 0.05) is 25.7 Å². The van der Waals surface area contributed by atoms with Gasteiger partial charge in [0.2, 0.25) is 0 Å². The normalized spacial score (nSPS) is 28.7. The fourth-order valence-electron chi connectivity index (χ4n) is 2.87. The number of nitrogens with zero attached hydrogens (tertiary/aromatic N) is 1. The topological polar surface area (TPSA) is 35.5 Å². The number of rotatable bonds is 5. The van der Waals surface area contributed by atoms with Crippen molar-refractivity contribution >= 4 is 0 Å². The summed E-state index contributed by atoms with van der Waals surface area (Å²) in [5, 5.41) is 13.3. The summed E-state index contributed by atoms with van der Waals surface area (Å²) in [5.41, 5.74) is 1.20. The number of aliphatic hydroxyl groups excluding tert-OH is 1. The van der Waals surface area contributed by atoms with Crippen molar-refractivity contribution in [3.63, 3.8) is 0 Å². The van der Waals surface area contributed by atoms with Gasteiger partial charge in [0.25, 0.3) is 0 Å². The molecule has 1 aromatic rings. The SMILES string of the molecule is OCC1(NCc2ccccc2)CCN(C2CC2)C1. The quantitative estimate of drug-likeness (QED) is 0.824. The third kappa shape index (κ3) is 2.58. The van der Waals surface area contributed by atoms with Crippen molar-refractivity contribution in [1.82, 2.24) is 10.2 Å². The molecule has 3 rings (SSSR count). The summed E-state index contributed by atoms with van der Waals surface area (Å²) >= 11 is 0. The fourth-order valence-corrected chi connectivity index (χ4v) is 2.87. The van der Waals surface area contributed by atoms with E-state index in [9.17, 15) is 5.11 Å². The second-order valence-electron chi connectivity index (χ2n) is 5.73. The van der Waals surface area contributed by atoms with Gasteiger partial charge in [0.05, 0.1) is 12.1 Å². The van der Waals surface area contributed by atoms with Crippen LogP contribution in [-0.2, 0) is 6.54 Å². The highest BCUT2D eigenvalue weighted by Crippen LogP contribution is 2.33. The van der Waals surface area contributed by atoms with E-state index < -0.39 is 0 Å². The first-order chi connectivity index (χ1) is 8.81. The molecule has 1 saturated heterocycles. The van der Waals surface area contributed by atoms with Gasteiger partial charge < -0.3 is 10.4 Å². The number of hydrogen-bond acceptors (Lipinski definition) is 3. The van der Waals surface area contributed by atoms with Gasteiger partial charge in [-0.3, -0.25) is 4.90 Å². The average molecular weight is 246 g/mol. The Morgan fingerprint density at radius 1 is 1.28 bits per heavy atom. The molecule has 1 aliphatic carbocycles. The monoisotopic (exact) mass is 246 g/mol. The first-order valence-corrected chi connectivity index (χ1v) is 6.95. The zero-order valence-electron chi connectivity index (χ0n) is 10.8. The van der Waals surface area contributed by atoms with E-state index in [1.165, 1.54) is 18.4 Å². The van der Waals surface area contributed by atoms with Crippen molar-refractivity contribution in [2.45, 2.75) is 37.4 Å². The Morgan fingerprint density at radius 3 is 2.72 bits per heavy atom. The minimum absolute atomic E-state index is 0.0849. The highest BCUT2D eigenvalue weighted by Gasteiger charge is 2.42. The molecule has 1 saturated carbocycles. The van der Waals surface area contributed by atoms with Crippen LogP contribution in [-0.4, -0.2) is 41.3 Å². The molecule has 0 amide bonds. The van der Waals surface area contributed by atoms with Crippen LogP contribution in [0, 0.1) is 0 Å². The molecule has 2 aliphatic rings. The van der Waals surface area contributed by atoms with Gasteiger partial charge in [-0.05, 0) is 24.8 Å². The maximum absolute atomic E-state index is 9.73. The lowest BCUT2D eigenvalue weighted by atomic mass is 9.99. The summed E-state index contributed by atoms with van der Waals surface area (Å²) in [4.78, 5) is 2.54. The molecule has 0 aromatic heterocycles. The predicted octanol–water partition coefficient (Wildman–Crippen LogP) is 1.38. The van der Waals surface area contributed by atoms with Crippen LogP contribution in [0.1, 0.15) is 24.8 Å². The molecule has 1 aliphatic heterocycles. The molecule has 3 heteroatoms. The van der Waals surface area contributed by atoms with Crippen molar-refractivity contribution in [2.24, 2.45) is 0 Å². The van der Waals surface area contributed by atoms with Crippen LogP contribution in [0.2, 0.25) is 0 Å². The van der Waals surface area contributed by atoms with Gasteiger partial charge in [-0.25, -0.2) is 0 Å². The Hall–Kier alpha value is -0.900. The highest BCUT2D eigenvalue weighted by atomic mass is 16.3. The molecule has 1 aromatic carbocycles. The van der Waals surface area contributed by atoms with Crippen LogP contribution >= 0.6 is 0 Å². The summed E-state index contributed by atoms with van der Waals surface area (Å²) in [6.07, 6.45) is 3.76. The maximum atomic E-state index is 9.73. The first kappa shape index (κ1) is 12.2. The minimum atomic E-state index is -0.0849. The summed E-state index contributed by atoms with van der Waals surface area (Å²) in [6.45, 7) is 3.22. The molecule has 0 spiro atoms. The number of benzene rings is 1. The summed E-state index contributed by atoms with van der Waals surface area (Å²) < 4.78 is 0. The molecule has 18 heavy (non-hydrogen) atoms. The van der Waals surface area contributed by atoms with E-state index >= 15 is 0 Å². The molecule has 0 radical (unpaired) electrons. The van der Waals surface area contributed by atoms with E-state index in [4.69, 9.17) is 0 Å². The van der Waals surface area contributed by atoms with Crippen molar-refractivity contribution < 1.29 is 5.11 Å². The molecular formula is C15H22N2O. The van der Waals surface area contributed by atoms with Crippen LogP contribution < -0.4 is 5.32 Å². The van der Waals surface area contributed by atoms with E-state index in [0.29, 0.717) is 0 Å². The number of likely N-dealkylation sites (tertiary alicyclic amines) is 1. The number of nitrogens with one attached hydrogen (secondary N) is 1. The summed E-state index contributed by atoms with van der Waals surface area (Å²) in [6, 6.07) is 11.2. The third-order valence-electron chi connectivity index (χ3n) is 4.26. The molecule has 3 nitrogen and oxygen atoms in total. The molecule has 1 atom stereocenters. The second-order valence-corrected chi connectivity index (χ2v) is 5.73. The average Bonchev–Trinajstić information content (AvgIpc) is 3.19. The van der Waals surface area contributed by atoms with E-state index in [-0.39, 0.29) is 12.1 Å². The Balaban J connectivity index is 1.59. The summed E-state index contributed by atoms with van der Waals surface area (Å²) in [5.74, 6) is 0. The largest absolute Gasteiger partial charge is 0.394 e. The van der Waals surface area contributed by atoms with Gasteiger partial charge in [-0.2, -0.15) is 0 Å². The minimum Gasteiger partial charge on any atom is -0.394 e. The van der Waals surface area contributed by atoms with Crippen molar-refractivity contribution in [3.05, 3.63) is 35.9 Å². The van der Waals surface area contributed by atoms with E-state index in [1.54, 1.807) is 0 Å². The highest BCUT2D eigenvalue weighted by molar-refractivity contribution is 5.15. The van der Waals surface area contributed by atoms with Crippen LogP contribution in [0.5, 0.6) is 0 Å². The molecule has 2 N–H and O–H groups in total. The number of aliphatic hydroxyl groups is 1. The Kier molecular flexibility index (Phi) is 3.37. The van der Waals surface area contributed by atoms with Gasteiger partial charge >= 0.3 is 0 Å². The third-order valence-corrected chi connectivity index (χ3v) is 4.26. The second kappa shape index (κ2) is 5.00. The van der Waals surface area contributed by atoms with Crippen molar-refractivity contribution in [2.75, 3.05) is 19.7 Å². The molecular weight excluding hydrogens is 224 g/mol. The molecule has 1 heterocycles. The van der Waals surface area contributed by atoms with Gasteiger partial charge in [-0.1, -0.05) is 30.3 Å². The zero-order valence-corrected chi connectivity index (χ0v) is 10.8.